The van der Waals surface area contributed by atoms with Crippen LogP contribution in [0, 0.1) is 0 Å². The second-order valence-corrected chi connectivity index (χ2v) is 6.29. The Kier molecular flexibility index (Phi) is 8.35. The maximum atomic E-state index is 6.08. The Morgan fingerprint density at radius 3 is 1.81 bits per heavy atom. The highest BCUT2D eigenvalue weighted by Crippen LogP contribution is 2.14. The number of rotatable bonds is 10. The van der Waals surface area contributed by atoms with Gasteiger partial charge in [-0.25, -0.2) is 0 Å². The normalized spacial score (nSPS) is 11.8. The molecule has 4 nitrogen and oxygen atoms in total. The van der Waals surface area contributed by atoms with Crippen LogP contribution in [-0.2, 0) is 6.54 Å². The predicted octanol–water partition coefficient (Wildman–Crippen LogP) is 1.97. The molecule has 1 aromatic carbocycles. The van der Waals surface area contributed by atoms with Crippen LogP contribution in [0.25, 0.3) is 0 Å². The van der Waals surface area contributed by atoms with Crippen molar-refractivity contribution in [2.24, 2.45) is 0 Å². The molecule has 1 rings (SSSR count). The maximum absolute atomic E-state index is 6.08. The van der Waals surface area contributed by atoms with Gasteiger partial charge in [0.05, 0.1) is 0 Å². The van der Waals surface area contributed by atoms with E-state index in [0.29, 0.717) is 0 Å². The molecule has 0 atom stereocenters. The lowest BCUT2D eigenvalue weighted by atomic mass is 10.1. The van der Waals surface area contributed by atoms with E-state index >= 15 is 0 Å². The molecule has 2 N–H and O–H groups in total. The average Bonchev–Trinajstić information content (AvgIpc) is 2.40. The number of nitrogen functional groups attached to an aromatic ring is 1. The van der Waals surface area contributed by atoms with Crippen molar-refractivity contribution in [3.63, 3.8) is 0 Å². The number of para-hydroxylation sites is 1. The number of benzene rings is 1. The Bertz CT molecular complexity index is 376. The molecule has 0 heterocycles. The minimum Gasteiger partial charge on any atom is -0.398 e. The summed E-state index contributed by atoms with van der Waals surface area (Å²) in [4.78, 5) is 7.02. The molecule has 0 spiro atoms. The van der Waals surface area contributed by atoms with Crippen molar-refractivity contribution in [2.45, 2.75) is 19.4 Å². The largest absolute Gasteiger partial charge is 0.398 e. The van der Waals surface area contributed by atoms with Gasteiger partial charge in [0.1, 0.15) is 0 Å². The van der Waals surface area contributed by atoms with Gasteiger partial charge in [0.15, 0.2) is 0 Å². The fourth-order valence-corrected chi connectivity index (χ4v) is 2.41. The summed E-state index contributed by atoms with van der Waals surface area (Å²) >= 11 is 0. The number of hydrogen-bond acceptors (Lipinski definition) is 4. The number of nitrogens with two attached hydrogens (primary N) is 1. The highest BCUT2D eigenvalue weighted by molar-refractivity contribution is 5.46. The van der Waals surface area contributed by atoms with Gasteiger partial charge in [-0.3, -0.25) is 4.90 Å². The number of nitrogens with zero attached hydrogens (tertiary/aromatic N) is 3. The second-order valence-electron chi connectivity index (χ2n) is 6.29. The zero-order valence-electron chi connectivity index (χ0n) is 14.2. The molecule has 0 aliphatic rings. The smallest absolute Gasteiger partial charge is 0.0359 e. The van der Waals surface area contributed by atoms with E-state index in [1.165, 1.54) is 18.4 Å². The molecule has 0 aromatic heterocycles. The molecule has 0 unspecified atom stereocenters. The van der Waals surface area contributed by atoms with Crippen LogP contribution in [0.15, 0.2) is 24.3 Å². The fraction of sp³-hybridized carbons (Fsp3) is 0.647. The van der Waals surface area contributed by atoms with E-state index in [0.717, 1.165) is 38.4 Å². The van der Waals surface area contributed by atoms with Gasteiger partial charge in [0.25, 0.3) is 0 Å². The molecular weight excluding hydrogens is 260 g/mol. The first-order valence-electron chi connectivity index (χ1n) is 7.84. The first-order chi connectivity index (χ1) is 9.99. The summed E-state index contributed by atoms with van der Waals surface area (Å²) in [5.74, 6) is 0. The zero-order chi connectivity index (χ0) is 15.7. The van der Waals surface area contributed by atoms with Gasteiger partial charge in [0, 0.05) is 12.2 Å². The number of hydrogen-bond donors (Lipinski definition) is 1. The molecule has 0 fully saturated rings. The van der Waals surface area contributed by atoms with E-state index in [-0.39, 0.29) is 0 Å². The summed E-state index contributed by atoms with van der Waals surface area (Å²) in [6.07, 6.45) is 2.39. The third-order valence-corrected chi connectivity index (χ3v) is 3.61. The lowest BCUT2D eigenvalue weighted by Crippen LogP contribution is -2.30. The van der Waals surface area contributed by atoms with Gasteiger partial charge in [-0.05, 0) is 78.8 Å². The molecule has 0 aliphatic carbocycles. The Labute approximate surface area is 130 Å². The summed E-state index contributed by atoms with van der Waals surface area (Å²) in [5.41, 5.74) is 8.23. The van der Waals surface area contributed by atoms with Gasteiger partial charge in [0.2, 0.25) is 0 Å². The first-order valence-corrected chi connectivity index (χ1v) is 7.84. The predicted molar refractivity (Wildman–Crippen MR) is 92.5 cm³/mol. The number of anilines is 1. The highest BCUT2D eigenvalue weighted by Gasteiger charge is 2.08. The summed E-state index contributed by atoms with van der Waals surface area (Å²) < 4.78 is 0. The van der Waals surface area contributed by atoms with Crippen LogP contribution >= 0.6 is 0 Å². The molecule has 21 heavy (non-hydrogen) atoms. The average molecular weight is 292 g/mol. The lowest BCUT2D eigenvalue weighted by molar-refractivity contribution is 0.234. The molecule has 120 valence electrons. The Morgan fingerprint density at radius 2 is 1.33 bits per heavy atom. The maximum Gasteiger partial charge on any atom is 0.0359 e. The van der Waals surface area contributed by atoms with Gasteiger partial charge in [-0.1, -0.05) is 18.2 Å². The standard InChI is InChI=1S/C17H32N4/c1-19(2)11-7-13-21(14-8-12-20(3)4)15-16-9-5-6-10-17(16)18/h5-6,9-10H,7-8,11-15,18H2,1-4H3. The van der Waals surface area contributed by atoms with Crippen molar-refractivity contribution in [1.29, 1.82) is 0 Å². The molecule has 0 bridgehead atoms. The molecular formula is C17H32N4. The van der Waals surface area contributed by atoms with Crippen LogP contribution in [-0.4, -0.2) is 69.1 Å². The molecule has 1 aromatic rings. The van der Waals surface area contributed by atoms with Gasteiger partial charge < -0.3 is 15.5 Å². The topological polar surface area (TPSA) is 35.7 Å². The van der Waals surface area contributed by atoms with Crippen LogP contribution in [0.5, 0.6) is 0 Å². The van der Waals surface area contributed by atoms with Crippen LogP contribution in [0.2, 0.25) is 0 Å². The van der Waals surface area contributed by atoms with Crippen molar-refractivity contribution in [3.05, 3.63) is 29.8 Å². The monoisotopic (exact) mass is 292 g/mol. The van der Waals surface area contributed by atoms with Crippen molar-refractivity contribution < 1.29 is 0 Å². The summed E-state index contributed by atoms with van der Waals surface area (Å²) in [6, 6.07) is 8.21. The quantitative estimate of drug-likeness (QED) is 0.669. The highest BCUT2D eigenvalue weighted by atomic mass is 15.1. The minimum absolute atomic E-state index is 0.905. The van der Waals surface area contributed by atoms with Crippen LogP contribution < -0.4 is 5.73 Å². The lowest BCUT2D eigenvalue weighted by Gasteiger charge is -2.24. The van der Waals surface area contributed by atoms with E-state index in [1.54, 1.807) is 0 Å². The van der Waals surface area contributed by atoms with Gasteiger partial charge in [-0.2, -0.15) is 0 Å². The van der Waals surface area contributed by atoms with Crippen LogP contribution in [0.3, 0.4) is 0 Å². The van der Waals surface area contributed by atoms with E-state index in [1.807, 2.05) is 12.1 Å². The Balaban J connectivity index is 2.51. The van der Waals surface area contributed by atoms with Gasteiger partial charge in [-0.15, -0.1) is 0 Å². The van der Waals surface area contributed by atoms with Crippen molar-refractivity contribution in [2.75, 3.05) is 60.1 Å². The third kappa shape index (κ3) is 8.05. The van der Waals surface area contributed by atoms with Crippen LogP contribution in [0.4, 0.5) is 5.69 Å². The molecule has 0 radical (unpaired) electrons. The molecule has 0 saturated heterocycles. The first kappa shape index (κ1) is 18.0. The zero-order valence-corrected chi connectivity index (χ0v) is 14.2. The van der Waals surface area contributed by atoms with E-state index in [4.69, 9.17) is 5.73 Å². The third-order valence-electron chi connectivity index (χ3n) is 3.61. The molecule has 0 aliphatic heterocycles. The fourth-order valence-electron chi connectivity index (χ4n) is 2.41. The van der Waals surface area contributed by atoms with E-state index in [9.17, 15) is 0 Å². The summed E-state index contributed by atoms with van der Waals surface area (Å²) in [6.45, 7) is 5.47. The van der Waals surface area contributed by atoms with E-state index in [2.05, 4.69) is 55.0 Å². The second kappa shape index (κ2) is 9.77. The van der Waals surface area contributed by atoms with Crippen molar-refractivity contribution >= 4 is 5.69 Å². The van der Waals surface area contributed by atoms with Crippen LogP contribution in [0.1, 0.15) is 18.4 Å². The summed E-state index contributed by atoms with van der Waals surface area (Å²) in [5, 5.41) is 0. The molecule has 0 amide bonds. The Morgan fingerprint density at radius 1 is 0.810 bits per heavy atom. The van der Waals surface area contributed by atoms with E-state index < -0.39 is 0 Å². The minimum atomic E-state index is 0.905. The van der Waals surface area contributed by atoms with Gasteiger partial charge >= 0.3 is 0 Å². The molecule has 0 saturated carbocycles. The molecule has 4 heteroatoms. The summed E-state index contributed by atoms with van der Waals surface area (Å²) in [7, 11) is 8.52. The SMILES string of the molecule is CN(C)CCCN(CCCN(C)C)Cc1ccccc1N. The Hall–Kier alpha value is -1.10. The van der Waals surface area contributed by atoms with Crippen molar-refractivity contribution in [1.82, 2.24) is 14.7 Å². The van der Waals surface area contributed by atoms with Crippen molar-refractivity contribution in [3.8, 4) is 0 Å².